The maximum Gasteiger partial charge on any atom is 0.162 e. The van der Waals surface area contributed by atoms with E-state index in [1.54, 1.807) is 24.5 Å². The van der Waals surface area contributed by atoms with Crippen LogP contribution in [0.15, 0.2) is 36.7 Å². The topological polar surface area (TPSA) is 25.8 Å². The van der Waals surface area contributed by atoms with Crippen molar-refractivity contribution in [3.8, 4) is 11.4 Å². The van der Waals surface area contributed by atoms with Crippen molar-refractivity contribution in [1.29, 1.82) is 0 Å². The normalized spacial score (nSPS) is 10.1. The Hall–Kier alpha value is -1.77. The predicted octanol–water partition coefficient (Wildman–Crippen LogP) is 2.59. The summed E-state index contributed by atoms with van der Waals surface area (Å²) in [5.74, 6) is 0.152. The van der Waals surface area contributed by atoms with E-state index in [1.807, 2.05) is 13.0 Å². The van der Waals surface area contributed by atoms with Crippen molar-refractivity contribution in [3.63, 3.8) is 0 Å². The van der Waals surface area contributed by atoms with E-state index in [0.717, 1.165) is 5.56 Å². The molecule has 1 heterocycles. The Morgan fingerprint density at radius 1 is 1.07 bits per heavy atom. The van der Waals surface area contributed by atoms with Crippen LogP contribution in [0, 0.1) is 12.7 Å². The molecule has 0 unspecified atom stereocenters. The largest absolute Gasteiger partial charge is 0.236 e. The van der Waals surface area contributed by atoms with Crippen LogP contribution in [-0.4, -0.2) is 9.97 Å². The van der Waals surface area contributed by atoms with Crippen LogP contribution in [0.2, 0.25) is 0 Å². The number of aryl methyl sites for hydroxylation is 1. The summed E-state index contributed by atoms with van der Waals surface area (Å²) in [5, 5.41) is 0. The van der Waals surface area contributed by atoms with Gasteiger partial charge in [-0.3, -0.25) is 0 Å². The Balaban J connectivity index is 2.63. The Morgan fingerprint density at radius 3 is 2.43 bits per heavy atom. The first kappa shape index (κ1) is 8.81. The first-order valence-corrected chi connectivity index (χ1v) is 4.31. The Bertz CT molecular complexity index is 420. The number of benzene rings is 1. The highest BCUT2D eigenvalue weighted by atomic mass is 19.1. The number of nitrogens with zero attached hydrogens (tertiary/aromatic N) is 2. The average Bonchev–Trinajstić information content (AvgIpc) is 2.19. The maximum atomic E-state index is 13.5. The molecule has 0 aliphatic carbocycles. The highest BCUT2D eigenvalue weighted by Crippen LogP contribution is 2.22. The van der Waals surface area contributed by atoms with Crippen molar-refractivity contribution in [2.75, 3.05) is 0 Å². The van der Waals surface area contributed by atoms with Crippen LogP contribution >= 0.6 is 0 Å². The van der Waals surface area contributed by atoms with Crippen molar-refractivity contribution < 1.29 is 4.39 Å². The van der Waals surface area contributed by atoms with E-state index in [9.17, 15) is 4.39 Å². The van der Waals surface area contributed by atoms with Gasteiger partial charge in [0.15, 0.2) is 5.82 Å². The fourth-order valence-corrected chi connectivity index (χ4v) is 1.34. The molecule has 0 N–H and O–H groups in total. The van der Waals surface area contributed by atoms with Gasteiger partial charge in [-0.1, -0.05) is 12.1 Å². The molecule has 3 heteroatoms. The van der Waals surface area contributed by atoms with Gasteiger partial charge in [-0.15, -0.1) is 0 Å². The lowest BCUT2D eigenvalue weighted by molar-refractivity contribution is 0.629. The van der Waals surface area contributed by atoms with Gasteiger partial charge in [-0.25, -0.2) is 14.4 Å². The molecule has 0 aliphatic rings. The highest BCUT2D eigenvalue weighted by molar-refractivity contribution is 5.60. The van der Waals surface area contributed by atoms with E-state index >= 15 is 0 Å². The van der Waals surface area contributed by atoms with E-state index in [2.05, 4.69) is 9.97 Å². The van der Waals surface area contributed by atoms with Crippen LogP contribution in [0.1, 0.15) is 5.56 Å². The molecule has 2 aromatic rings. The van der Waals surface area contributed by atoms with Crippen LogP contribution in [0.4, 0.5) is 4.39 Å². The van der Waals surface area contributed by atoms with Gasteiger partial charge in [0.2, 0.25) is 0 Å². The number of hydrogen-bond acceptors (Lipinski definition) is 2. The molecule has 14 heavy (non-hydrogen) atoms. The summed E-state index contributed by atoms with van der Waals surface area (Å²) < 4.78 is 13.5. The lowest BCUT2D eigenvalue weighted by atomic mass is 10.1. The Morgan fingerprint density at radius 2 is 1.79 bits per heavy atom. The Kier molecular flexibility index (Phi) is 2.23. The van der Waals surface area contributed by atoms with Gasteiger partial charge in [0.05, 0.1) is 5.56 Å². The van der Waals surface area contributed by atoms with Gasteiger partial charge in [0.25, 0.3) is 0 Å². The zero-order valence-electron chi connectivity index (χ0n) is 7.74. The molecule has 0 aliphatic heterocycles. The minimum atomic E-state index is -0.281. The van der Waals surface area contributed by atoms with Gasteiger partial charge in [0.1, 0.15) is 5.82 Å². The van der Waals surface area contributed by atoms with Crippen molar-refractivity contribution in [2.24, 2.45) is 0 Å². The standard InChI is InChI=1S/C11H9FN2/c1-8-4-2-5-9(12)10(8)11-13-6-3-7-14-11/h2-7H,1H3. The molecule has 0 saturated carbocycles. The molecular weight excluding hydrogens is 179 g/mol. The van der Waals surface area contributed by atoms with Crippen LogP contribution in [0.3, 0.4) is 0 Å². The molecule has 1 aromatic carbocycles. The molecule has 2 rings (SSSR count). The van der Waals surface area contributed by atoms with Crippen LogP contribution < -0.4 is 0 Å². The number of rotatable bonds is 1. The summed E-state index contributed by atoms with van der Waals surface area (Å²) in [6.45, 7) is 1.84. The second-order valence-corrected chi connectivity index (χ2v) is 3.00. The summed E-state index contributed by atoms with van der Waals surface area (Å²) in [4.78, 5) is 8.04. The van der Waals surface area contributed by atoms with Crippen molar-refractivity contribution in [2.45, 2.75) is 6.92 Å². The van der Waals surface area contributed by atoms with Gasteiger partial charge in [0, 0.05) is 12.4 Å². The molecule has 0 fully saturated rings. The van der Waals surface area contributed by atoms with Crippen LogP contribution in [0.25, 0.3) is 11.4 Å². The zero-order valence-corrected chi connectivity index (χ0v) is 7.74. The summed E-state index contributed by atoms with van der Waals surface area (Å²) in [7, 11) is 0. The van der Waals surface area contributed by atoms with Gasteiger partial charge >= 0.3 is 0 Å². The van der Waals surface area contributed by atoms with Gasteiger partial charge in [-0.2, -0.15) is 0 Å². The first-order chi connectivity index (χ1) is 6.79. The summed E-state index contributed by atoms with van der Waals surface area (Å²) >= 11 is 0. The highest BCUT2D eigenvalue weighted by Gasteiger charge is 2.09. The monoisotopic (exact) mass is 188 g/mol. The Labute approximate surface area is 81.5 Å². The third-order valence-electron chi connectivity index (χ3n) is 2.01. The predicted molar refractivity (Wildman–Crippen MR) is 52.2 cm³/mol. The molecular formula is C11H9FN2. The van der Waals surface area contributed by atoms with Crippen molar-refractivity contribution in [3.05, 3.63) is 48.0 Å². The lowest BCUT2D eigenvalue weighted by Crippen LogP contribution is -1.93. The van der Waals surface area contributed by atoms with E-state index in [-0.39, 0.29) is 5.82 Å². The minimum absolute atomic E-state index is 0.281. The van der Waals surface area contributed by atoms with E-state index in [0.29, 0.717) is 11.4 Å². The third-order valence-corrected chi connectivity index (χ3v) is 2.01. The summed E-state index contributed by atoms with van der Waals surface area (Å²) in [6.07, 6.45) is 3.21. The molecule has 2 nitrogen and oxygen atoms in total. The molecule has 70 valence electrons. The first-order valence-electron chi connectivity index (χ1n) is 4.31. The number of aromatic nitrogens is 2. The second kappa shape index (κ2) is 3.54. The number of halogens is 1. The molecule has 0 bridgehead atoms. The van der Waals surface area contributed by atoms with Crippen molar-refractivity contribution in [1.82, 2.24) is 9.97 Å². The van der Waals surface area contributed by atoms with Gasteiger partial charge in [-0.05, 0) is 24.6 Å². The minimum Gasteiger partial charge on any atom is -0.236 e. The quantitative estimate of drug-likeness (QED) is 0.687. The zero-order chi connectivity index (χ0) is 9.97. The van der Waals surface area contributed by atoms with Crippen LogP contribution in [0.5, 0.6) is 0 Å². The van der Waals surface area contributed by atoms with Gasteiger partial charge < -0.3 is 0 Å². The van der Waals surface area contributed by atoms with E-state index < -0.39 is 0 Å². The summed E-state index contributed by atoms with van der Waals surface area (Å²) in [6, 6.07) is 6.64. The molecule has 0 saturated heterocycles. The molecule has 1 aromatic heterocycles. The molecule has 0 amide bonds. The lowest BCUT2D eigenvalue weighted by Gasteiger charge is -2.04. The SMILES string of the molecule is Cc1cccc(F)c1-c1ncccn1. The molecule has 0 atom stereocenters. The smallest absolute Gasteiger partial charge is 0.162 e. The van der Waals surface area contributed by atoms with E-state index in [4.69, 9.17) is 0 Å². The molecule has 0 spiro atoms. The van der Waals surface area contributed by atoms with Crippen LogP contribution in [-0.2, 0) is 0 Å². The fourth-order valence-electron chi connectivity index (χ4n) is 1.34. The van der Waals surface area contributed by atoms with E-state index in [1.165, 1.54) is 6.07 Å². The maximum absolute atomic E-state index is 13.5. The number of hydrogen-bond donors (Lipinski definition) is 0. The summed E-state index contributed by atoms with van der Waals surface area (Å²) in [5.41, 5.74) is 1.32. The third kappa shape index (κ3) is 1.48. The molecule has 0 radical (unpaired) electrons. The average molecular weight is 188 g/mol. The van der Waals surface area contributed by atoms with Crippen molar-refractivity contribution >= 4 is 0 Å². The fraction of sp³-hybridized carbons (Fsp3) is 0.0909. The second-order valence-electron chi connectivity index (χ2n) is 3.00.